The molecule has 0 amide bonds. The summed E-state index contributed by atoms with van der Waals surface area (Å²) < 4.78 is 3.79. The first-order valence-electron chi connectivity index (χ1n) is 4.11. The van der Waals surface area contributed by atoms with Crippen molar-refractivity contribution in [3.8, 4) is 0 Å². The molecule has 0 atom stereocenters. The van der Waals surface area contributed by atoms with Crippen molar-refractivity contribution >= 4 is 0 Å². The Morgan fingerprint density at radius 2 is 2.08 bits per heavy atom. The van der Waals surface area contributed by atoms with E-state index in [1.54, 1.807) is 10.7 Å². The first-order chi connectivity index (χ1) is 5.68. The Labute approximate surface area is 70.9 Å². The lowest BCUT2D eigenvalue weighted by molar-refractivity contribution is 0.470. The lowest BCUT2D eigenvalue weighted by Crippen LogP contribution is -2.26. The van der Waals surface area contributed by atoms with Crippen LogP contribution in [0.2, 0.25) is 0 Å². The number of nitrogens with zero attached hydrogens (tertiary/aromatic N) is 2. The van der Waals surface area contributed by atoms with Gasteiger partial charge in [0.05, 0.1) is 13.1 Å². The van der Waals surface area contributed by atoms with Gasteiger partial charge in [-0.25, -0.2) is 4.68 Å². The number of fused-ring (bicyclic) bond motifs is 1. The molecule has 3 heteroatoms. The smallest absolute Gasteiger partial charge is 0.267 e. The molecule has 1 aliphatic heterocycles. The molecule has 0 spiro atoms. The molecule has 0 radical (unpaired) electrons. The van der Waals surface area contributed by atoms with Crippen molar-refractivity contribution < 1.29 is 0 Å². The van der Waals surface area contributed by atoms with E-state index < -0.39 is 0 Å². The Morgan fingerprint density at radius 3 is 2.83 bits per heavy atom. The van der Waals surface area contributed by atoms with Gasteiger partial charge in [-0.2, -0.15) is 0 Å². The van der Waals surface area contributed by atoms with Crippen LogP contribution in [0, 0.1) is 6.92 Å². The number of allylic oxidation sites excluding steroid dienone is 2. The third-order valence-corrected chi connectivity index (χ3v) is 2.30. The van der Waals surface area contributed by atoms with Crippen molar-refractivity contribution in [3.05, 3.63) is 33.8 Å². The van der Waals surface area contributed by atoms with Crippen molar-refractivity contribution in [1.29, 1.82) is 0 Å². The summed E-state index contributed by atoms with van der Waals surface area (Å²) in [5.41, 5.74) is 2.48. The van der Waals surface area contributed by atoms with Crippen LogP contribution in [0.25, 0.3) is 0 Å². The van der Waals surface area contributed by atoms with E-state index in [-0.39, 0.29) is 5.56 Å². The Bertz CT molecular complexity index is 395. The summed E-state index contributed by atoms with van der Waals surface area (Å²) >= 11 is 0. The number of aryl methyl sites for hydroxylation is 1. The first-order valence-corrected chi connectivity index (χ1v) is 4.11. The normalized spacial score (nSPS) is 15.7. The largest absolute Gasteiger partial charge is 0.283 e. The molecule has 0 unspecified atom stereocenters. The number of hydrogen-bond donors (Lipinski definition) is 0. The molecule has 0 N–H and O–H groups in total. The highest BCUT2D eigenvalue weighted by atomic mass is 16.1. The maximum absolute atomic E-state index is 11.3. The molecule has 0 saturated carbocycles. The van der Waals surface area contributed by atoms with E-state index in [0.29, 0.717) is 0 Å². The Kier molecular flexibility index (Phi) is 1.46. The SMILES string of the molecule is CC1=CCn2c(=O)cc(C)n2C1. The van der Waals surface area contributed by atoms with Gasteiger partial charge in [0, 0.05) is 11.8 Å². The van der Waals surface area contributed by atoms with Crippen LogP contribution in [0.1, 0.15) is 12.6 Å². The average molecular weight is 164 g/mol. The van der Waals surface area contributed by atoms with Crippen molar-refractivity contribution in [1.82, 2.24) is 9.36 Å². The van der Waals surface area contributed by atoms with E-state index in [0.717, 1.165) is 18.8 Å². The molecule has 1 aromatic heterocycles. The number of hydrogen-bond acceptors (Lipinski definition) is 1. The van der Waals surface area contributed by atoms with Crippen molar-refractivity contribution in [2.24, 2.45) is 0 Å². The molecule has 64 valence electrons. The fraction of sp³-hybridized carbons (Fsp3) is 0.444. The van der Waals surface area contributed by atoms with Gasteiger partial charge in [0.25, 0.3) is 5.56 Å². The van der Waals surface area contributed by atoms with Crippen LogP contribution in [0.15, 0.2) is 22.5 Å². The van der Waals surface area contributed by atoms with Gasteiger partial charge in [-0.15, -0.1) is 0 Å². The average Bonchev–Trinajstić information content (AvgIpc) is 2.28. The Morgan fingerprint density at radius 1 is 1.33 bits per heavy atom. The summed E-state index contributed by atoms with van der Waals surface area (Å²) in [5, 5.41) is 0. The minimum atomic E-state index is 0.108. The molecule has 12 heavy (non-hydrogen) atoms. The first kappa shape index (κ1) is 7.40. The van der Waals surface area contributed by atoms with Crippen molar-refractivity contribution in [2.45, 2.75) is 26.9 Å². The van der Waals surface area contributed by atoms with E-state index >= 15 is 0 Å². The molecule has 1 aromatic rings. The zero-order valence-corrected chi connectivity index (χ0v) is 7.37. The maximum atomic E-state index is 11.3. The van der Waals surface area contributed by atoms with Crippen LogP contribution < -0.4 is 5.56 Å². The summed E-state index contributed by atoms with van der Waals surface area (Å²) in [4.78, 5) is 11.3. The predicted molar refractivity (Wildman–Crippen MR) is 47.2 cm³/mol. The van der Waals surface area contributed by atoms with E-state index in [4.69, 9.17) is 0 Å². The summed E-state index contributed by atoms with van der Waals surface area (Å²) in [6.07, 6.45) is 2.10. The summed E-state index contributed by atoms with van der Waals surface area (Å²) in [5.74, 6) is 0. The standard InChI is InChI=1S/C9H12N2O/c1-7-3-4-10-9(12)5-8(2)11(10)6-7/h3,5H,4,6H2,1-2H3. The fourth-order valence-electron chi connectivity index (χ4n) is 1.58. The van der Waals surface area contributed by atoms with Crippen molar-refractivity contribution in [2.75, 3.05) is 0 Å². The highest BCUT2D eigenvalue weighted by molar-refractivity contribution is 5.09. The second kappa shape index (κ2) is 2.37. The van der Waals surface area contributed by atoms with E-state index in [1.807, 2.05) is 11.6 Å². The molecule has 0 aliphatic carbocycles. The van der Waals surface area contributed by atoms with Gasteiger partial charge in [0.15, 0.2) is 0 Å². The second-order valence-corrected chi connectivity index (χ2v) is 3.31. The lowest BCUT2D eigenvalue weighted by atomic mass is 10.2. The fourth-order valence-corrected chi connectivity index (χ4v) is 1.58. The zero-order valence-electron chi connectivity index (χ0n) is 7.37. The highest BCUT2D eigenvalue weighted by Crippen LogP contribution is 2.08. The Hall–Kier alpha value is -1.25. The topological polar surface area (TPSA) is 26.9 Å². The minimum absolute atomic E-state index is 0.108. The summed E-state index contributed by atoms with van der Waals surface area (Å²) in [7, 11) is 0. The number of rotatable bonds is 0. The lowest BCUT2D eigenvalue weighted by Gasteiger charge is -2.17. The molecule has 0 aromatic carbocycles. The van der Waals surface area contributed by atoms with Crippen LogP contribution in [-0.4, -0.2) is 9.36 Å². The van der Waals surface area contributed by atoms with Gasteiger partial charge in [-0.3, -0.25) is 9.48 Å². The van der Waals surface area contributed by atoms with Gasteiger partial charge in [0.2, 0.25) is 0 Å². The quantitative estimate of drug-likeness (QED) is 0.524. The molecule has 2 heterocycles. The van der Waals surface area contributed by atoms with Gasteiger partial charge in [0.1, 0.15) is 0 Å². The van der Waals surface area contributed by atoms with Gasteiger partial charge in [-0.05, 0) is 13.8 Å². The van der Waals surface area contributed by atoms with E-state index in [2.05, 4.69) is 13.0 Å². The summed E-state index contributed by atoms with van der Waals surface area (Å²) in [6.45, 7) is 5.64. The van der Waals surface area contributed by atoms with E-state index in [1.165, 1.54) is 5.57 Å². The third-order valence-electron chi connectivity index (χ3n) is 2.30. The molecule has 0 bridgehead atoms. The second-order valence-electron chi connectivity index (χ2n) is 3.31. The maximum Gasteiger partial charge on any atom is 0.267 e. The molecule has 2 rings (SSSR count). The predicted octanol–water partition coefficient (Wildman–Crippen LogP) is 0.918. The van der Waals surface area contributed by atoms with Gasteiger partial charge < -0.3 is 0 Å². The van der Waals surface area contributed by atoms with Crippen LogP contribution in [-0.2, 0) is 13.1 Å². The van der Waals surface area contributed by atoms with Crippen LogP contribution in [0.5, 0.6) is 0 Å². The molecular weight excluding hydrogens is 152 g/mol. The zero-order chi connectivity index (χ0) is 8.72. The summed E-state index contributed by atoms with van der Waals surface area (Å²) in [6, 6.07) is 1.69. The molecular formula is C9H12N2O. The molecule has 1 aliphatic rings. The molecule has 3 nitrogen and oxygen atoms in total. The van der Waals surface area contributed by atoms with Crippen LogP contribution >= 0.6 is 0 Å². The van der Waals surface area contributed by atoms with Crippen LogP contribution in [0.3, 0.4) is 0 Å². The van der Waals surface area contributed by atoms with E-state index in [9.17, 15) is 4.79 Å². The number of aromatic nitrogens is 2. The van der Waals surface area contributed by atoms with Crippen molar-refractivity contribution in [3.63, 3.8) is 0 Å². The monoisotopic (exact) mass is 164 g/mol. The van der Waals surface area contributed by atoms with Gasteiger partial charge >= 0.3 is 0 Å². The minimum Gasteiger partial charge on any atom is -0.283 e. The molecule has 0 saturated heterocycles. The Balaban J connectivity index is 2.58. The third kappa shape index (κ3) is 0.932. The van der Waals surface area contributed by atoms with Gasteiger partial charge in [-0.1, -0.05) is 11.6 Å². The highest BCUT2D eigenvalue weighted by Gasteiger charge is 2.10. The molecule has 0 fully saturated rings. The van der Waals surface area contributed by atoms with Crippen LogP contribution in [0.4, 0.5) is 0 Å².